The van der Waals surface area contributed by atoms with Crippen LogP contribution in [-0.2, 0) is 0 Å². The molecule has 5 N–H and O–H groups in total. The summed E-state index contributed by atoms with van der Waals surface area (Å²) in [6.07, 6.45) is 1.64. The third kappa shape index (κ3) is 1.52. The number of aliphatic imine (C=N–C) groups is 1. The average molecular weight is 102 g/mol. The van der Waals surface area contributed by atoms with Gasteiger partial charge in [-0.2, -0.15) is 0 Å². The van der Waals surface area contributed by atoms with Crippen molar-refractivity contribution in [2.75, 3.05) is 13.1 Å². The molecule has 4 nitrogen and oxygen atoms in total. The van der Waals surface area contributed by atoms with E-state index in [4.69, 9.17) is 5.84 Å². The van der Waals surface area contributed by atoms with Crippen molar-refractivity contribution in [3.63, 3.8) is 0 Å². The van der Waals surface area contributed by atoms with E-state index in [2.05, 4.69) is 4.99 Å². The van der Waals surface area contributed by atoms with Gasteiger partial charge in [0.05, 0.1) is 19.4 Å². The quantitative estimate of drug-likeness (QED) is 0.399. The molecular weight excluding hydrogens is 92.1 g/mol. The summed E-state index contributed by atoms with van der Waals surface area (Å²) in [5.41, 5.74) is 0. The van der Waals surface area contributed by atoms with Crippen molar-refractivity contribution in [3.8, 4) is 0 Å². The highest BCUT2D eigenvalue weighted by molar-refractivity contribution is 5.55. The van der Waals surface area contributed by atoms with Crippen molar-refractivity contribution in [3.05, 3.63) is 0 Å². The normalized spacial score (nSPS) is 17.0. The summed E-state index contributed by atoms with van der Waals surface area (Å²) in [5.74, 6) is 5.22. The first kappa shape index (κ1) is 6.39. The van der Waals surface area contributed by atoms with Gasteiger partial charge in [0.2, 0.25) is 0 Å². The topological polar surface area (TPSA) is 76.6 Å². The van der Waals surface area contributed by atoms with Gasteiger partial charge in [-0.3, -0.25) is 10.0 Å². The molecule has 0 saturated heterocycles. The fraction of sp³-hybridized carbons (Fsp3) is 0.667. The Kier molecular flexibility index (Phi) is 2.32. The van der Waals surface area contributed by atoms with Crippen molar-refractivity contribution in [2.24, 2.45) is 10.8 Å². The van der Waals surface area contributed by atoms with E-state index in [0.29, 0.717) is 0 Å². The van der Waals surface area contributed by atoms with Gasteiger partial charge in [0.15, 0.2) is 0 Å². The molecule has 1 heterocycles. The molecule has 1 aliphatic rings. The Morgan fingerprint density at radius 2 is 2.43 bits per heavy atom. The predicted octanol–water partition coefficient (Wildman–Crippen LogP) is -0.634. The third-order valence-electron chi connectivity index (χ3n) is 0.717. The highest BCUT2D eigenvalue weighted by Gasteiger charge is 1.94. The Hall–Kier alpha value is -0.610. The number of nitrogens with two attached hydrogens (primary N) is 1. The maximum Gasteiger partial charge on any atom is 0.0991 e. The Balaban J connectivity index is 0.000000360. The number of hydrazine groups is 1. The number of rotatable bonds is 0. The molecule has 0 spiro atoms. The van der Waals surface area contributed by atoms with E-state index in [1.54, 1.807) is 11.3 Å². The molecule has 0 unspecified atom stereocenters. The van der Waals surface area contributed by atoms with E-state index in [1.165, 1.54) is 0 Å². The Morgan fingerprint density at radius 1 is 1.71 bits per heavy atom. The fourth-order valence-corrected chi connectivity index (χ4v) is 0.394. The van der Waals surface area contributed by atoms with Crippen LogP contribution in [0.25, 0.3) is 0 Å². The van der Waals surface area contributed by atoms with E-state index in [1.807, 2.05) is 0 Å². The van der Waals surface area contributed by atoms with E-state index in [-0.39, 0.29) is 6.15 Å². The Morgan fingerprint density at radius 3 is 2.57 bits per heavy atom. The number of nitrogens with zero attached hydrogens (tertiary/aromatic N) is 2. The van der Waals surface area contributed by atoms with Crippen molar-refractivity contribution in [1.82, 2.24) is 11.2 Å². The lowest BCUT2D eigenvalue weighted by Gasteiger charge is -1.99. The van der Waals surface area contributed by atoms with Gasteiger partial charge in [-0.25, -0.2) is 5.84 Å². The highest BCUT2D eigenvalue weighted by atomic mass is 15.4. The standard InChI is InChI=1S/C3H7N3.H3N/c4-6-2-1-5-3-6;/h3H,1-2,4H2;1H3. The van der Waals surface area contributed by atoms with Gasteiger partial charge in [-0.15, -0.1) is 0 Å². The van der Waals surface area contributed by atoms with Crippen LogP contribution in [0, 0.1) is 0 Å². The molecule has 0 atom stereocenters. The first-order valence-electron chi connectivity index (χ1n) is 1.91. The van der Waals surface area contributed by atoms with E-state index >= 15 is 0 Å². The van der Waals surface area contributed by atoms with Crippen LogP contribution in [-0.4, -0.2) is 24.4 Å². The van der Waals surface area contributed by atoms with Crippen molar-refractivity contribution < 1.29 is 0 Å². The summed E-state index contributed by atoms with van der Waals surface area (Å²) in [4.78, 5) is 3.84. The second kappa shape index (κ2) is 2.54. The molecule has 0 amide bonds. The number of hydrogen-bond acceptors (Lipinski definition) is 4. The molecule has 42 valence electrons. The third-order valence-corrected chi connectivity index (χ3v) is 0.717. The zero-order valence-electron chi connectivity index (χ0n) is 4.17. The summed E-state index contributed by atoms with van der Waals surface area (Å²) in [6, 6.07) is 0. The molecule has 0 saturated carbocycles. The summed E-state index contributed by atoms with van der Waals surface area (Å²) >= 11 is 0. The Bertz CT molecular complexity index is 69.3. The molecule has 0 aromatic rings. The first-order valence-corrected chi connectivity index (χ1v) is 1.91. The van der Waals surface area contributed by atoms with Crippen LogP contribution >= 0.6 is 0 Å². The summed E-state index contributed by atoms with van der Waals surface area (Å²) in [7, 11) is 0. The van der Waals surface area contributed by atoms with Gasteiger partial charge in [0.1, 0.15) is 0 Å². The smallest absolute Gasteiger partial charge is 0.0991 e. The van der Waals surface area contributed by atoms with Gasteiger partial charge in [0, 0.05) is 0 Å². The lowest BCUT2D eigenvalue weighted by molar-refractivity contribution is 0.495. The highest BCUT2D eigenvalue weighted by Crippen LogP contribution is 1.81. The lowest BCUT2D eigenvalue weighted by Crippen LogP contribution is -2.26. The van der Waals surface area contributed by atoms with Gasteiger partial charge >= 0.3 is 0 Å². The molecule has 1 aliphatic heterocycles. The van der Waals surface area contributed by atoms with Crippen molar-refractivity contribution >= 4 is 6.34 Å². The van der Waals surface area contributed by atoms with Crippen LogP contribution in [0.5, 0.6) is 0 Å². The summed E-state index contributed by atoms with van der Waals surface area (Å²) in [5, 5.41) is 1.57. The van der Waals surface area contributed by atoms with Crippen LogP contribution < -0.4 is 12.0 Å². The second-order valence-electron chi connectivity index (χ2n) is 1.26. The minimum Gasteiger partial charge on any atom is -0.344 e. The SMILES string of the molecule is N.NN1C=NCC1. The molecule has 0 fully saturated rings. The first-order chi connectivity index (χ1) is 2.89. The van der Waals surface area contributed by atoms with Gasteiger partial charge in [-0.05, 0) is 0 Å². The zero-order chi connectivity index (χ0) is 4.41. The van der Waals surface area contributed by atoms with E-state index in [0.717, 1.165) is 13.1 Å². The van der Waals surface area contributed by atoms with Crippen LogP contribution in [0.2, 0.25) is 0 Å². The number of hydrogen-bond donors (Lipinski definition) is 2. The molecule has 0 aliphatic carbocycles. The average Bonchev–Trinajstić information content (AvgIpc) is 1.86. The van der Waals surface area contributed by atoms with Crippen LogP contribution in [0.1, 0.15) is 0 Å². The molecule has 1 rings (SSSR count). The van der Waals surface area contributed by atoms with Crippen LogP contribution in [0.15, 0.2) is 4.99 Å². The largest absolute Gasteiger partial charge is 0.344 e. The van der Waals surface area contributed by atoms with Gasteiger partial charge in [-0.1, -0.05) is 0 Å². The van der Waals surface area contributed by atoms with Gasteiger partial charge in [0.25, 0.3) is 0 Å². The molecule has 0 aromatic heterocycles. The predicted molar refractivity (Wildman–Crippen MR) is 29.3 cm³/mol. The molecule has 7 heavy (non-hydrogen) atoms. The van der Waals surface area contributed by atoms with Crippen molar-refractivity contribution in [1.29, 1.82) is 0 Å². The van der Waals surface area contributed by atoms with E-state index < -0.39 is 0 Å². The summed E-state index contributed by atoms with van der Waals surface area (Å²) in [6.45, 7) is 1.73. The minimum atomic E-state index is 0. The lowest BCUT2D eigenvalue weighted by atomic mass is 10.7. The molecule has 0 radical (unpaired) electrons. The van der Waals surface area contributed by atoms with E-state index in [9.17, 15) is 0 Å². The minimum absolute atomic E-state index is 0. The maximum atomic E-state index is 5.22. The zero-order valence-corrected chi connectivity index (χ0v) is 4.17. The molecule has 0 bridgehead atoms. The van der Waals surface area contributed by atoms with Crippen molar-refractivity contribution in [2.45, 2.75) is 0 Å². The second-order valence-corrected chi connectivity index (χ2v) is 1.26. The molecule has 0 aromatic carbocycles. The molecular formula is C3H10N4. The monoisotopic (exact) mass is 102 g/mol. The van der Waals surface area contributed by atoms with Crippen LogP contribution in [0.4, 0.5) is 0 Å². The van der Waals surface area contributed by atoms with Crippen LogP contribution in [0.3, 0.4) is 0 Å². The maximum absolute atomic E-state index is 5.22. The Labute approximate surface area is 42.6 Å². The van der Waals surface area contributed by atoms with Gasteiger partial charge < -0.3 is 6.15 Å². The summed E-state index contributed by atoms with van der Waals surface area (Å²) < 4.78 is 0. The fourth-order valence-electron chi connectivity index (χ4n) is 0.394. The molecule has 4 heteroatoms.